The van der Waals surface area contributed by atoms with Crippen LogP contribution in [0.1, 0.15) is 50.7 Å². The van der Waals surface area contributed by atoms with Gasteiger partial charge in [-0.2, -0.15) is 18.4 Å². The molecule has 2 heterocycles. The highest BCUT2D eigenvalue weighted by molar-refractivity contribution is 5.84. The van der Waals surface area contributed by atoms with Gasteiger partial charge in [0.1, 0.15) is 0 Å². The van der Waals surface area contributed by atoms with Crippen LogP contribution < -0.4 is 4.90 Å². The second-order valence-corrected chi connectivity index (χ2v) is 9.71. The fourth-order valence-electron chi connectivity index (χ4n) is 5.46. The first-order valence-electron chi connectivity index (χ1n) is 11.8. The number of hydrogen-bond donors (Lipinski definition) is 0. The highest BCUT2D eigenvalue weighted by Gasteiger charge is 2.53. The Morgan fingerprint density at radius 1 is 1.21 bits per heavy atom. The number of anilines is 1. The Morgan fingerprint density at radius 3 is 2.32 bits per heavy atom. The van der Waals surface area contributed by atoms with Crippen molar-refractivity contribution in [2.75, 3.05) is 45.2 Å². The van der Waals surface area contributed by atoms with Crippen LogP contribution >= 0.6 is 0 Å². The van der Waals surface area contributed by atoms with E-state index in [4.69, 9.17) is 5.26 Å². The van der Waals surface area contributed by atoms with Crippen LogP contribution in [0.15, 0.2) is 18.2 Å². The van der Waals surface area contributed by atoms with Crippen LogP contribution in [-0.2, 0) is 15.8 Å². The van der Waals surface area contributed by atoms with E-state index in [1.54, 1.807) is 31.1 Å². The molecule has 1 spiro atoms. The number of amides is 2. The van der Waals surface area contributed by atoms with E-state index in [1.165, 1.54) is 6.07 Å². The van der Waals surface area contributed by atoms with Gasteiger partial charge in [-0.3, -0.25) is 9.59 Å². The van der Waals surface area contributed by atoms with Crippen molar-refractivity contribution in [1.29, 1.82) is 5.26 Å². The van der Waals surface area contributed by atoms with Gasteiger partial charge < -0.3 is 14.7 Å². The van der Waals surface area contributed by atoms with Gasteiger partial charge in [0, 0.05) is 57.3 Å². The summed E-state index contributed by atoms with van der Waals surface area (Å²) in [6, 6.07) is 5.42. The van der Waals surface area contributed by atoms with Crippen LogP contribution in [0.2, 0.25) is 0 Å². The molecule has 1 atom stereocenters. The molecule has 3 rings (SSSR count). The van der Waals surface area contributed by atoms with E-state index in [1.807, 2.05) is 23.6 Å². The summed E-state index contributed by atoms with van der Waals surface area (Å²) in [4.78, 5) is 31.5. The van der Waals surface area contributed by atoms with Crippen molar-refractivity contribution in [3.8, 4) is 6.07 Å². The highest BCUT2D eigenvalue weighted by atomic mass is 19.4. The molecule has 0 N–H and O–H groups in total. The van der Waals surface area contributed by atoms with Crippen LogP contribution in [-0.4, -0.2) is 61.9 Å². The largest absolute Gasteiger partial charge is 0.417 e. The van der Waals surface area contributed by atoms with Crippen molar-refractivity contribution < 1.29 is 22.8 Å². The van der Waals surface area contributed by atoms with Crippen molar-refractivity contribution in [2.45, 2.75) is 45.7 Å². The summed E-state index contributed by atoms with van der Waals surface area (Å²) in [6.45, 7) is 5.83. The molecule has 2 amide bonds. The third-order valence-corrected chi connectivity index (χ3v) is 7.59. The number of hydrogen-bond acceptors (Lipinski definition) is 4. The summed E-state index contributed by atoms with van der Waals surface area (Å²) in [5, 5.41) is 9.06. The van der Waals surface area contributed by atoms with Gasteiger partial charge in [0.05, 0.1) is 23.1 Å². The molecule has 9 heteroatoms. The fourth-order valence-corrected chi connectivity index (χ4v) is 5.46. The number of benzene rings is 1. The summed E-state index contributed by atoms with van der Waals surface area (Å²) in [6.07, 6.45) is -1.91. The summed E-state index contributed by atoms with van der Waals surface area (Å²) in [7, 11) is 3.43. The molecule has 6 nitrogen and oxygen atoms in total. The molecule has 1 aromatic carbocycles. The maximum absolute atomic E-state index is 13.4. The van der Waals surface area contributed by atoms with Crippen LogP contribution in [0.5, 0.6) is 0 Å². The molecule has 2 fully saturated rings. The maximum atomic E-state index is 13.4. The molecule has 34 heavy (non-hydrogen) atoms. The first-order valence-corrected chi connectivity index (χ1v) is 11.8. The summed E-state index contributed by atoms with van der Waals surface area (Å²) < 4.78 is 40.3. The molecule has 1 aromatic rings. The van der Waals surface area contributed by atoms with Gasteiger partial charge >= 0.3 is 6.18 Å². The molecule has 2 saturated heterocycles. The smallest absolute Gasteiger partial charge is 0.371 e. The topological polar surface area (TPSA) is 67.7 Å². The molecule has 0 aliphatic carbocycles. The Hall–Kier alpha value is -2.76. The van der Waals surface area contributed by atoms with Crippen molar-refractivity contribution in [1.82, 2.24) is 9.80 Å². The molecule has 186 valence electrons. The fraction of sp³-hybridized carbons (Fsp3) is 0.640. The lowest BCUT2D eigenvalue weighted by Gasteiger charge is -2.43. The Bertz CT molecular complexity index is 958. The number of nitriles is 1. The lowest BCUT2D eigenvalue weighted by Crippen LogP contribution is -2.48. The van der Waals surface area contributed by atoms with E-state index in [-0.39, 0.29) is 29.1 Å². The Morgan fingerprint density at radius 2 is 1.82 bits per heavy atom. The van der Waals surface area contributed by atoms with Gasteiger partial charge in [-0.1, -0.05) is 13.8 Å². The van der Waals surface area contributed by atoms with Gasteiger partial charge in [0.15, 0.2) is 0 Å². The first-order chi connectivity index (χ1) is 16.0. The van der Waals surface area contributed by atoms with E-state index < -0.39 is 17.3 Å². The summed E-state index contributed by atoms with van der Waals surface area (Å²) in [5.74, 6) is -0.312. The second kappa shape index (κ2) is 9.85. The Kier molecular flexibility index (Phi) is 7.49. The van der Waals surface area contributed by atoms with E-state index in [0.717, 1.165) is 18.9 Å². The molecular weight excluding hydrogens is 445 g/mol. The molecule has 0 saturated carbocycles. The summed E-state index contributed by atoms with van der Waals surface area (Å²) >= 11 is 0. The van der Waals surface area contributed by atoms with Gasteiger partial charge in [-0.05, 0) is 43.9 Å². The minimum Gasteiger partial charge on any atom is -0.371 e. The molecule has 0 aromatic heterocycles. The van der Waals surface area contributed by atoms with E-state index >= 15 is 0 Å². The Labute approximate surface area is 199 Å². The standard InChI is InChI=1S/C25H33F3N4O2/c1-5-17(6-2)22(33)32-15-21(23(34)30(3)4)24(16-32)9-11-31(12-10-24)19-8-7-18(14-29)20(13-19)25(26,27)28/h7-8,13,17,21H,5-6,9-12,15-16H2,1-4H3. The predicted molar refractivity (Wildman–Crippen MR) is 123 cm³/mol. The third kappa shape index (κ3) is 4.86. The van der Waals surface area contributed by atoms with Crippen LogP contribution in [0, 0.1) is 28.6 Å². The van der Waals surface area contributed by atoms with Gasteiger partial charge in [0.25, 0.3) is 0 Å². The van der Waals surface area contributed by atoms with Gasteiger partial charge in [0.2, 0.25) is 11.8 Å². The minimum atomic E-state index is -4.61. The predicted octanol–water partition coefficient (Wildman–Crippen LogP) is 4.15. The van der Waals surface area contributed by atoms with Crippen molar-refractivity contribution in [3.63, 3.8) is 0 Å². The number of alkyl halides is 3. The van der Waals surface area contributed by atoms with Crippen LogP contribution in [0.4, 0.5) is 18.9 Å². The zero-order valence-corrected chi connectivity index (χ0v) is 20.3. The SMILES string of the molecule is CCC(CC)C(=O)N1CC(C(=O)N(C)C)C2(CCN(c3ccc(C#N)c(C(F)(F)F)c3)CC2)C1. The average Bonchev–Trinajstić information content (AvgIpc) is 3.17. The lowest BCUT2D eigenvalue weighted by molar-refractivity contribution is -0.138. The van der Waals surface area contributed by atoms with Gasteiger partial charge in [-0.25, -0.2) is 0 Å². The number of nitrogens with zero attached hydrogens (tertiary/aromatic N) is 4. The quantitative estimate of drug-likeness (QED) is 0.638. The maximum Gasteiger partial charge on any atom is 0.417 e. The van der Waals surface area contributed by atoms with Crippen molar-refractivity contribution >= 4 is 17.5 Å². The third-order valence-electron chi connectivity index (χ3n) is 7.59. The number of piperidine rings is 1. The second-order valence-electron chi connectivity index (χ2n) is 9.71. The zero-order chi connectivity index (χ0) is 25.3. The van der Waals surface area contributed by atoms with E-state index in [2.05, 4.69) is 0 Å². The zero-order valence-electron chi connectivity index (χ0n) is 20.3. The van der Waals surface area contributed by atoms with E-state index in [0.29, 0.717) is 44.7 Å². The molecule has 2 aliphatic heterocycles. The normalized spacial score (nSPS) is 20.0. The summed E-state index contributed by atoms with van der Waals surface area (Å²) in [5.41, 5.74) is -1.30. The molecule has 1 unspecified atom stereocenters. The molecule has 0 radical (unpaired) electrons. The van der Waals surface area contributed by atoms with Crippen molar-refractivity contribution in [2.24, 2.45) is 17.3 Å². The molecule has 2 aliphatic rings. The number of likely N-dealkylation sites (tertiary alicyclic amines) is 1. The number of carbonyl (C=O) groups is 2. The first kappa shape index (κ1) is 25.9. The monoisotopic (exact) mass is 478 g/mol. The minimum absolute atomic E-state index is 0.00831. The molecule has 0 bridgehead atoms. The number of rotatable bonds is 5. The number of halogens is 3. The highest BCUT2D eigenvalue weighted by Crippen LogP contribution is 2.47. The van der Waals surface area contributed by atoms with Crippen molar-refractivity contribution in [3.05, 3.63) is 29.3 Å². The van der Waals surface area contributed by atoms with Gasteiger partial charge in [-0.15, -0.1) is 0 Å². The molecular formula is C25H33F3N4O2. The Balaban J connectivity index is 1.84. The average molecular weight is 479 g/mol. The van der Waals surface area contributed by atoms with Crippen LogP contribution in [0.25, 0.3) is 0 Å². The van der Waals surface area contributed by atoms with Crippen LogP contribution in [0.3, 0.4) is 0 Å². The lowest BCUT2D eigenvalue weighted by atomic mass is 9.70. The van der Waals surface area contributed by atoms with E-state index in [9.17, 15) is 22.8 Å². The number of carbonyl (C=O) groups excluding carboxylic acids is 2.